The maximum absolute atomic E-state index is 10.6. The molecular weight excluding hydrogens is 230 g/mol. The zero-order valence-corrected chi connectivity index (χ0v) is 9.25. The number of hydrogen-bond donors (Lipinski definition) is 1. The maximum Gasteiger partial charge on any atom is 0.344 e. The molecule has 0 aliphatic heterocycles. The van der Waals surface area contributed by atoms with Crippen molar-refractivity contribution in [2.45, 2.75) is 13.0 Å². The molecule has 0 amide bonds. The summed E-state index contributed by atoms with van der Waals surface area (Å²) >= 11 is 0. The van der Waals surface area contributed by atoms with E-state index in [2.05, 4.69) is 0 Å². The molecule has 7 heteroatoms. The van der Waals surface area contributed by atoms with E-state index in [9.17, 15) is 14.9 Å². The number of nitro groups is 1. The highest BCUT2D eigenvalue weighted by atomic mass is 16.6. The monoisotopic (exact) mass is 241 g/mol. The molecule has 0 unspecified atom stereocenters. The normalized spacial score (nSPS) is 11.6. The quantitative estimate of drug-likeness (QED) is 0.618. The van der Waals surface area contributed by atoms with E-state index >= 15 is 0 Å². The second-order valence-corrected chi connectivity index (χ2v) is 3.19. The molecule has 0 aromatic heterocycles. The van der Waals surface area contributed by atoms with Gasteiger partial charge in [-0.1, -0.05) is 0 Å². The van der Waals surface area contributed by atoms with Gasteiger partial charge < -0.3 is 14.6 Å². The molecule has 0 bridgehead atoms. The summed E-state index contributed by atoms with van der Waals surface area (Å²) in [5.41, 5.74) is -0.196. The van der Waals surface area contributed by atoms with Crippen molar-refractivity contribution in [2.24, 2.45) is 0 Å². The fourth-order valence-corrected chi connectivity index (χ4v) is 1.11. The minimum Gasteiger partial charge on any atom is -0.493 e. The number of carboxylic acids is 1. The lowest BCUT2D eigenvalue weighted by molar-refractivity contribution is -0.385. The molecule has 0 heterocycles. The fraction of sp³-hybridized carbons (Fsp3) is 0.300. The zero-order chi connectivity index (χ0) is 13.0. The molecule has 0 fully saturated rings. The summed E-state index contributed by atoms with van der Waals surface area (Å²) in [6.07, 6.45) is -1.12. The average molecular weight is 241 g/mol. The summed E-state index contributed by atoms with van der Waals surface area (Å²) in [4.78, 5) is 20.6. The van der Waals surface area contributed by atoms with Crippen LogP contribution in [0.1, 0.15) is 6.92 Å². The zero-order valence-electron chi connectivity index (χ0n) is 9.25. The predicted molar refractivity (Wildman–Crippen MR) is 57.4 cm³/mol. The Labute approximate surface area is 96.7 Å². The number of aliphatic carboxylic acids is 1. The van der Waals surface area contributed by atoms with Crippen molar-refractivity contribution in [3.8, 4) is 11.5 Å². The first-order valence-electron chi connectivity index (χ1n) is 4.67. The van der Waals surface area contributed by atoms with Crippen LogP contribution in [0.4, 0.5) is 5.69 Å². The van der Waals surface area contributed by atoms with Gasteiger partial charge in [-0.25, -0.2) is 4.79 Å². The van der Waals surface area contributed by atoms with Crippen LogP contribution in [0, 0.1) is 10.1 Å². The second kappa shape index (κ2) is 5.15. The molecule has 7 nitrogen and oxygen atoms in total. The molecule has 0 radical (unpaired) electrons. The Morgan fingerprint density at radius 2 is 2.12 bits per heavy atom. The summed E-state index contributed by atoms with van der Waals surface area (Å²) in [5, 5.41) is 19.3. The second-order valence-electron chi connectivity index (χ2n) is 3.19. The van der Waals surface area contributed by atoms with Crippen LogP contribution in [0.5, 0.6) is 11.5 Å². The molecule has 17 heavy (non-hydrogen) atoms. The minimum absolute atomic E-state index is 0.0246. The topological polar surface area (TPSA) is 98.9 Å². The highest BCUT2D eigenvalue weighted by molar-refractivity contribution is 5.72. The Bertz CT molecular complexity index is 444. The summed E-state index contributed by atoms with van der Waals surface area (Å²) in [6, 6.07) is 3.72. The van der Waals surface area contributed by atoms with Gasteiger partial charge in [0.2, 0.25) is 0 Å². The molecule has 1 aromatic carbocycles. The van der Waals surface area contributed by atoms with Gasteiger partial charge in [0, 0.05) is 6.07 Å². The largest absolute Gasteiger partial charge is 0.493 e. The van der Waals surface area contributed by atoms with E-state index < -0.39 is 17.0 Å². The van der Waals surface area contributed by atoms with E-state index in [1.165, 1.54) is 26.2 Å². The van der Waals surface area contributed by atoms with E-state index in [4.69, 9.17) is 14.6 Å². The number of carboxylic acid groups (broad SMARTS) is 1. The van der Waals surface area contributed by atoms with Crippen LogP contribution < -0.4 is 9.47 Å². The Balaban J connectivity index is 3.06. The summed E-state index contributed by atoms with van der Waals surface area (Å²) in [6.45, 7) is 1.32. The van der Waals surface area contributed by atoms with Crippen LogP contribution in [0.25, 0.3) is 0 Å². The van der Waals surface area contributed by atoms with Crippen LogP contribution >= 0.6 is 0 Å². The van der Waals surface area contributed by atoms with Gasteiger partial charge in [-0.05, 0) is 13.0 Å². The highest BCUT2D eigenvalue weighted by Gasteiger charge is 2.18. The van der Waals surface area contributed by atoms with E-state index in [-0.39, 0.29) is 17.2 Å². The van der Waals surface area contributed by atoms with E-state index in [0.29, 0.717) is 0 Å². The Hall–Kier alpha value is -2.31. The van der Waals surface area contributed by atoms with Gasteiger partial charge in [0.05, 0.1) is 18.1 Å². The number of hydrogen-bond acceptors (Lipinski definition) is 5. The molecule has 0 aliphatic rings. The number of nitro benzene ring substituents is 1. The van der Waals surface area contributed by atoms with Gasteiger partial charge in [0.25, 0.3) is 5.69 Å². The lowest BCUT2D eigenvalue weighted by Crippen LogP contribution is -2.23. The van der Waals surface area contributed by atoms with Gasteiger partial charge in [-0.2, -0.15) is 0 Å². The van der Waals surface area contributed by atoms with Crippen molar-refractivity contribution in [2.75, 3.05) is 7.11 Å². The van der Waals surface area contributed by atoms with E-state index in [1.54, 1.807) is 0 Å². The van der Waals surface area contributed by atoms with Crippen LogP contribution in [-0.4, -0.2) is 29.2 Å². The van der Waals surface area contributed by atoms with Crippen molar-refractivity contribution in [3.05, 3.63) is 28.3 Å². The lowest BCUT2D eigenvalue weighted by atomic mass is 10.2. The molecule has 0 saturated heterocycles. The lowest BCUT2D eigenvalue weighted by Gasteiger charge is -2.13. The number of benzene rings is 1. The smallest absolute Gasteiger partial charge is 0.344 e. The Morgan fingerprint density at radius 3 is 2.59 bits per heavy atom. The molecule has 1 aromatic rings. The summed E-state index contributed by atoms with van der Waals surface area (Å²) < 4.78 is 9.98. The third kappa shape index (κ3) is 3.07. The van der Waals surface area contributed by atoms with E-state index in [1.807, 2.05) is 0 Å². The maximum atomic E-state index is 10.6. The minimum atomic E-state index is -1.17. The van der Waals surface area contributed by atoms with Crippen molar-refractivity contribution in [1.29, 1.82) is 0 Å². The molecule has 0 spiro atoms. The molecule has 0 aliphatic carbocycles. The van der Waals surface area contributed by atoms with E-state index in [0.717, 1.165) is 6.07 Å². The van der Waals surface area contributed by atoms with Crippen molar-refractivity contribution in [1.82, 2.24) is 0 Å². The third-order valence-corrected chi connectivity index (χ3v) is 2.01. The summed E-state index contributed by atoms with van der Waals surface area (Å²) in [5.74, 6) is -0.904. The number of non-ortho nitro benzene ring substituents is 1. The molecule has 92 valence electrons. The van der Waals surface area contributed by atoms with Gasteiger partial charge in [0.1, 0.15) is 0 Å². The van der Waals surface area contributed by atoms with Gasteiger partial charge in [-0.3, -0.25) is 10.1 Å². The third-order valence-electron chi connectivity index (χ3n) is 2.01. The van der Waals surface area contributed by atoms with Crippen molar-refractivity contribution >= 4 is 11.7 Å². The van der Waals surface area contributed by atoms with Gasteiger partial charge in [0.15, 0.2) is 17.6 Å². The molecular formula is C10H11NO6. The number of nitrogens with zero attached hydrogens (tertiary/aromatic N) is 1. The Morgan fingerprint density at radius 1 is 1.47 bits per heavy atom. The number of ether oxygens (including phenoxy) is 2. The molecule has 0 saturated carbocycles. The molecule has 1 rings (SSSR count). The average Bonchev–Trinajstić information content (AvgIpc) is 2.28. The molecule has 1 N–H and O–H groups in total. The fourth-order valence-electron chi connectivity index (χ4n) is 1.11. The SMILES string of the molecule is COc1ccc([N+](=O)[O-])cc1O[C@@H](C)C(=O)O. The van der Waals surface area contributed by atoms with Gasteiger partial charge >= 0.3 is 5.97 Å². The number of methoxy groups -OCH3 is 1. The molecule has 1 atom stereocenters. The first-order valence-corrected chi connectivity index (χ1v) is 4.67. The highest BCUT2D eigenvalue weighted by Crippen LogP contribution is 2.31. The van der Waals surface area contributed by atoms with Crippen LogP contribution in [0.2, 0.25) is 0 Å². The van der Waals surface area contributed by atoms with Crippen molar-refractivity contribution in [3.63, 3.8) is 0 Å². The first-order chi connectivity index (χ1) is 7.95. The van der Waals surface area contributed by atoms with Crippen LogP contribution in [0.15, 0.2) is 18.2 Å². The number of rotatable bonds is 5. The Kier molecular flexibility index (Phi) is 3.86. The standard InChI is InChI=1S/C10H11NO6/c1-6(10(12)13)17-9-5-7(11(14)15)3-4-8(9)16-2/h3-6H,1-2H3,(H,12,13)/t6-/m0/s1. The number of carbonyl (C=O) groups is 1. The van der Waals surface area contributed by atoms with Crippen molar-refractivity contribution < 1.29 is 24.3 Å². The van der Waals surface area contributed by atoms with Crippen LogP contribution in [-0.2, 0) is 4.79 Å². The predicted octanol–water partition coefficient (Wildman–Crippen LogP) is 1.46. The first kappa shape index (κ1) is 12.8. The summed E-state index contributed by atoms with van der Waals surface area (Å²) in [7, 11) is 1.36. The van der Waals surface area contributed by atoms with Gasteiger partial charge in [-0.15, -0.1) is 0 Å². The van der Waals surface area contributed by atoms with Crippen LogP contribution in [0.3, 0.4) is 0 Å².